The standard InChI is InChI=1S/C26H25N5O3/c1-16-26(33)31(20-9-5-6-10-20)22-12-11-17(13-21(22)27-16)24-28-25(34-29-24)18-14-23(32)30(15-18)19-7-3-2-4-8-19/h2-4,7-8,11-13,18,20H,5-6,9-10,14-15H2,1H3/t18-/m0/s1. The highest BCUT2D eigenvalue weighted by atomic mass is 16.5. The van der Waals surface area contributed by atoms with Crippen molar-refractivity contribution in [1.29, 1.82) is 0 Å². The Kier molecular flexibility index (Phi) is 5.01. The first-order chi connectivity index (χ1) is 16.6. The van der Waals surface area contributed by atoms with Crippen LogP contribution in [0.4, 0.5) is 5.69 Å². The van der Waals surface area contributed by atoms with Crippen molar-refractivity contribution in [3.8, 4) is 11.4 Å². The third kappa shape index (κ3) is 3.50. The van der Waals surface area contributed by atoms with Gasteiger partial charge in [0.15, 0.2) is 0 Å². The van der Waals surface area contributed by atoms with Crippen LogP contribution < -0.4 is 10.5 Å². The molecule has 2 fully saturated rings. The van der Waals surface area contributed by atoms with Gasteiger partial charge >= 0.3 is 0 Å². The molecule has 1 amide bonds. The lowest BCUT2D eigenvalue weighted by atomic mass is 10.1. The van der Waals surface area contributed by atoms with Crippen molar-refractivity contribution in [2.75, 3.05) is 11.4 Å². The second-order valence-electron chi connectivity index (χ2n) is 9.21. The van der Waals surface area contributed by atoms with Crippen LogP contribution in [0, 0.1) is 6.92 Å². The zero-order chi connectivity index (χ0) is 23.2. The van der Waals surface area contributed by atoms with E-state index >= 15 is 0 Å². The molecule has 4 aromatic rings. The van der Waals surface area contributed by atoms with Gasteiger partial charge in [0.25, 0.3) is 5.56 Å². The molecular formula is C26H25N5O3. The molecule has 8 nitrogen and oxygen atoms in total. The molecule has 0 spiro atoms. The van der Waals surface area contributed by atoms with E-state index in [2.05, 4.69) is 15.1 Å². The Hall–Kier alpha value is -3.81. The summed E-state index contributed by atoms with van der Waals surface area (Å²) < 4.78 is 7.49. The van der Waals surface area contributed by atoms with Crippen LogP contribution in [-0.2, 0) is 4.79 Å². The van der Waals surface area contributed by atoms with Crippen LogP contribution in [0.15, 0.2) is 57.8 Å². The summed E-state index contributed by atoms with van der Waals surface area (Å²) >= 11 is 0. The molecule has 2 aliphatic rings. The van der Waals surface area contributed by atoms with Gasteiger partial charge < -0.3 is 14.0 Å². The van der Waals surface area contributed by atoms with Gasteiger partial charge in [-0.3, -0.25) is 9.59 Å². The number of aryl methyl sites for hydroxylation is 1. The first-order valence-electron chi connectivity index (χ1n) is 11.8. The fourth-order valence-electron chi connectivity index (χ4n) is 5.24. The number of nitrogens with zero attached hydrogens (tertiary/aromatic N) is 5. The number of aromatic nitrogens is 4. The number of fused-ring (bicyclic) bond motifs is 1. The Morgan fingerprint density at radius 1 is 1.00 bits per heavy atom. The Labute approximate surface area is 196 Å². The van der Waals surface area contributed by atoms with E-state index in [1.807, 2.05) is 53.1 Å². The van der Waals surface area contributed by atoms with E-state index in [1.165, 1.54) is 0 Å². The predicted octanol–water partition coefficient (Wildman–Crippen LogP) is 4.39. The highest BCUT2D eigenvalue weighted by molar-refractivity contribution is 5.96. The minimum absolute atomic E-state index is 0.0112. The molecule has 1 saturated heterocycles. The van der Waals surface area contributed by atoms with E-state index in [9.17, 15) is 9.59 Å². The summed E-state index contributed by atoms with van der Waals surface area (Å²) in [4.78, 5) is 36.4. The fraction of sp³-hybridized carbons (Fsp3) is 0.346. The quantitative estimate of drug-likeness (QED) is 0.453. The van der Waals surface area contributed by atoms with E-state index in [0.29, 0.717) is 30.4 Å². The second kappa shape index (κ2) is 8.20. The van der Waals surface area contributed by atoms with Gasteiger partial charge in [0.2, 0.25) is 17.6 Å². The maximum absolute atomic E-state index is 12.9. The maximum Gasteiger partial charge on any atom is 0.272 e. The van der Waals surface area contributed by atoms with Crippen LogP contribution in [0.5, 0.6) is 0 Å². The summed E-state index contributed by atoms with van der Waals surface area (Å²) in [6, 6.07) is 15.6. The van der Waals surface area contributed by atoms with Crippen LogP contribution in [-0.4, -0.2) is 32.1 Å². The zero-order valence-corrected chi connectivity index (χ0v) is 19.0. The maximum atomic E-state index is 12.9. The number of carbonyl (C=O) groups is 1. The minimum Gasteiger partial charge on any atom is -0.339 e. The highest BCUT2D eigenvalue weighted by Gasteiger charge is 2.35. The Morgan fingerprint density at radius 3 is 2.59 bits per heavy atom. The molecule has 8 heteroatoms. The molecule has 0 radical (unpaired) electrons. The lowest BCUT2D eigenvalue weighted by Crippen LogP contribution is -2.26. The summed E-state index contributed by atoms with van der Waals surface area (Å²) in [6.45, 7) is 2.28. The van der Waals surface area contributed by atoms with E-state index in [-0.39, 0.29) is 23.4 Å². The number of hydrogen-bond donors (Lipinski definition) is 0. The van der Waals surface area contributed by atoms with Crippen molar-refractivity contribution in [2.24, 2.45) is 0 Å². The van der Waals surface area contributed by atoms with Gasteiger partial charge in [-0.25, -0.2) is 4.98 Å². The van der Waals surface area contributed by atoms with Crippen molar-refractivity contribution >= 4 is 22.6 Å². The van der Waals surface area contributed by atoms with Crippen LogP contribution in [0.1, 0.15) is 55.6 Å². The van der Waals surface area contributed by atoms with E-state index in [1.54, 1.807) is 11.8 Å². The first-order valence-corrected chi connectivity index (χ1v) is 11.8. The molecule has 0 bridgehead atoms. The Morgan fingerprint density at radius 2 is 1.79 bits per heavy atom. The second-order valence-corrected chi connectivity index (χ2v) is 9.21. The van der Waals surface area contributed by atoms with Gasteiger partial charge in [-0.2, -0.15) is 4.98 Å². The summed E-state index contributed by atoms with van der Waals surface area (Å²) in [6.07, 6.45) is 4.68. The number of hydrogen-bond acceptors (Lipinski definition) is 6. The van der Waals surface area contributed by atoms with E-state index < -0.39 is 0 Å². The lowest BCUT2D eigenvalue weighted by Gasteiger charge is -2.17. The number of carbonyl (C=O) groups excluding carboxylic acids is 1. The summed E-state index contributed by atoms with van der Waals surface area (Å²) in [5.41, 5.74) is 3.72. The zero-order valence-electron chi connectivity index (χ0n) is 19.0. The molecule has 6 rings (SSSR count). The molecule has 3 heterocycles. The lowest BCUT2D eigenvalue weighted by molar-refractivity contribution is -0.117. The molecular weight excluding hydrogens is 430 g/mol. The average Bonchev–Trinajstić information content (AvgIpc) is 3.61. The first kappa shape index (κ1) is 20.8. The monoisotopic (exact) mass is 455 g/mol. The van der Waals surface area contributed by atoms with Crippen LogP contribution in [0.2, 0.25) is 0 Å². The molecule has 0 N–H and O–H groups in total. The molecule has 34 heavy (non-hydrogen) atoms. The molecule has 1 saturated carbocycles. The highest BCUT2D eigenvalue weighted by Crippen LogP contribution is 2.33. The molecule has 1 aliphatic heterocycles. The van der Waals surface area contributed by atoms with Gasteiger partial charge in [0.05, 0.1) is 17.0 Å². The predicted molar refractivity (Wildman–Crippen MR) is 128 cm³/mol. The van der Waals surface area contributed by atoms with Gasteiger partial charge in [-0.1, -0.05) is 36.2 Å². The normalized spacial score (nSPS) is 18.9. The van der Waals surface area contributed by atoms with Crippen LogP contribution in [0.3, 0.4) is 0 Å². The van der Waals surface area contributed by atoms with Gasteiger partial charge in [-0.15, -0.1) is 0 Å². The molecule has 0 unspecified atom stereocenters. The smallest absolute Gasteiger partial charge is 0.272 e. The SMILES string of the molecule is Cc1nc2cc(-c3noc([C@H]4CC(=O)N(c5ccccc5)C4)n3)ccc2n(C2CCCC2)c1=O. The largest absolute Gasteiger partial charge is 0.339 e. The molecule has 2 aromatic carbocycles. The Balaban J connectivity index is 1.31. The van der Waals surface area contributed by atoms with Crippen LogP contribution in [0.25, 0.3) is 22.4 Å². The van der Waals surface area contributed by atoms with Crippen molar-refractivity contribution in [2.45, 2.75) is 51.0 Å². The molecule has 2 aromatic heterocycles. The third-order valence-corrected chi connectivity index (χ3v) is 6.98. The minimum atomic E-state index is -0.151. The number of para-hydroxylation sites is 1. The van der Waals surface area contributed by atoms with Crippen LogP contribution >= 0.6 is 0 Å². The fourth-order valence-corrected chi connectivity index (χ4v) is 5.24. The summed E-state index contributed by atoms with van der Waals surface area (Å²) in [5.74, 6) is 0.816. The third-order valence-electron chi connectivity index (χ3n) is 6.98. The topological polar surface area (TPSA) is 94.1 Å². The van der Waals surface area contributed by atoms with Gasteiger partial charge in [0.1, 0.15) is 5.69 Å². The molecule has 172 valence electrons. The number of anilines is 1. The van der Waals surface area contributed by atoms with Crippen molar-refractivity contribution < 1.29 is 9.32 Å². The van der Waals surface area contributed by atoms with Crippen molar-refractivity contribution in [3.63, 3.8) is 0 Å². The van der Waals surface area contributed by atoms with Crippen molar-refractivity contribution in [1.82, 2.24) is 19.7 Å². The average molecular weight is 456 g/mol. The van der Waals surface area contributed by atoms with Crippen molar-refractivity contribution in [3.05, 3.63) is 70.5 Å². The number of benzene rings is 2. The summed E-state index contributed by atoms with van der Waals surface area (Å²) in [7, 11) is 0. The van der Waals surface area contributed by atoms with E-state index in [0.717, 1.165) is 48.0 Å². The number of rotatable bonds is 4. The molecule has 1 aliphatic carbocycles. The van der Waals surface area contributed by atoms with E-state index in [4.69, 9.17) is 4.52 Å². The van der Waals surface area contributed by atoms with Gasteiger partial charge in [0, 0.05) is 30.3 Å². The molecule has 1 atom stereocenters. The van der Waals surface area contributed by atoms with Gasteiger partial charge in [-0.05, 0) is 50.1 Å². The number of amides is 1. The Bertz CT molecular complexity index is 1440. The summed E-state index contributed by atoms with van der Waals surface area (Å²) in [5, 5.41) is 4.19.